The fraction of sp³-hybridized carbons (Fsp3) is 0. The number of hydrogen-bond acceptors (Lipinski definition) is 4. The van der Waals surface area contributed by atoms with Crippen LogP contribution in [0, 0.1) is 0 Å². The molecule has 0 radical (unpaired) electrons. The van der Waals surface area contributed by atoms with Crippen LogP contribution in [0.15, 0.2) is 174 Å². The molecular weight excluding hydrogens is 613 g/mol. The molecule has 50 heavy (non-hydrogen) atoms. The lowest BCUT2D eigenvalue weighted by atomic mass is 9.98. The quantitative estimate of drug-likeness (QED) is 0.188. The molecule has 5 heteroatoms. The van der Waals surface area contributed by atoms with Crippen molar-refractivity contribution < 1.29 is 4.42 Å². The Morgan fingerprint density at radius 2 is 0.920 bits per heavy atom. The van der Waals surface area contributed by atoms with Crippen LogP contribution in [0.5, 0.6) is 0 Å². The van der Waals surface area contributed by atoms with Crippen LogP contribution in [0.4, 0.5) is 0 Å². The van der Waals surface area contributed by atoms with Crippen molar-refractivity contribution in [3.05, 3.63) is 170 Å². The van der Waals surface area contributed by atoms with Crippen LogP contribution < -0.4 is 0 Å². The van der Waals surface area contributed by atoms with E-state index in [0.717, 1.165) is 66.5 Å². The van der Waals surface area contributed by atoms with Crippen LogP contribution in [0.2, 0.25) is 0 Å². The van der Waals surface area contributed by atoms with Gasteiger partial charge in [0.2, 0.25) is 0 Å². The molecule has 0 aliphatic rings. The van der Waals surface area contributed by atoms with Crippen LogP contribution >= 0.6 is 0 Å². The maximum atomic E-state index is 6.83. The van der Waals surface area contributed by atoms with Crippen molar-refractivity contribution in [2.45, 2.75) is 0 Å². The van der Waals surface area contributed by atoms with Gasteiger partial charge in [0.15, 0.2) is 17.5 Å². The number of benzene rings is 7. The molecule has 5 nitrogen and oxygen atoms in total. The second-order valence-corrected chi connectivity index (χ2v) is 12.4. The number of hydrogen-bond donors (Lipinski definition) is 0. The summed E-state index contributed by atoms with van der Waals surface area (Å²) >= 11 is 0. The number of rotatable bonds is 5. The summed E-state index contributed by atoms with van der Waals surface area (Å²) in [5, 5.41) is 4.45. The standard InChI is InChI=1S/C45H28N4O/c1-4-15-29(16-5-1)33-23-14-26-40-41(33)36-27-32(49-38-24-12-10-21-34(38)35-22-11-13-25-39(35)49)28-37(42(36)50-40)45-47-43(30-17-6-2-7-18-30)46-44(48-45)31-19-8-3-9-20-31/h1-28H. The van der Waals surface area contributed by atoms with Gasteiger partial charge in [-0.15, -0.1) is 0 Å². The molecule has 0 saturated heterocycles. The number of nitrogens with zero attached hydrogens (tertiary/aromatic N) is 4. The van der Waals surface area contributed by atoms with Gasteiger partial charge >= 0.3 is 0 Å². The molecule has 3 heterocycles. The van der Waals surface area contributed by atoms with Crippen molar-refractivity contribution in [3.8, 4) is 51.0 Å². The van der Waals surface area contributed by atoms with E-state index in [2.05, 4.69) is 102 Å². The largest absolute Gasteiger partial charge is 0.455 e. The molecule has 0 fully saturated rings. The number of fused-ring (bicyclic) bond motifs is 6. The predicted molar refractivity (Wildman–Crippen MR) is 203 cm³/mol. The van der Waals surface area contributed by atoms with Crippen LogP contribution in [-0.4, -0.2) is 19.5 Å². The van der Waals surface area contributed by atoms with E-state index in [4.69, 9.17) is 19.4 Å². The zero-order valence-electron chi connectivity index (χ0n) is 26.9. The van der Waals surface area contributed by atoms with Gasteiger partial charge in [0.25, 0.3) is 0 Å². The first-order valence-electron chi connectivity index (χ1n) is 16.7. The Balaban J connectivity index is 1.34. The monoisotopic (exact) mass is 640 g/mol. The molecule has 0 spiro atoms. The van der Waals surface area contributed by atoms with E-state index in [0.29, 0.717) is 17.5 Å². The SMILES string of the molecule is c1ccc(-c2nc(-c3ccccc3)nc(-c3cc(-n4c5ccccc5c5ccccc54)cc4c3oc3cccc(-c5ccccc5)c34)n2)cc1. The molecule has 0 atom stereocenters. The van der Waals surface area contributed by atoms with E-state index < -0.39 is 0 Å². The van der Waals surface area contributed by atoms with Gasteiger partial charge in [-0.25, -0.2) is 15.0 Å². The average Bonchev–Trinajstić information content (AvgIpc) is 3.74. The second kappa shape index (κ2) is 11.4. The Bertz CT molecular complexity index is 2750. The topological polar surface area (TPSA) is 56.7 Å². The zero-order chi connectivity index (χ0) is 33.0. The van der Waals surface area contributed by atoms with E-state index in [9.17, 15) is 0 Å². The van der Waals surface area contributed by atoms with E-state index in [-0.39, 0.29) is 0 Å². The van der Waals surface area contributed by atoms with E-state index in [1.54, 1.807) is 0 Å². The molecule has 0 saturated carbocycles. The Labute approximate surface area is 287 Å². The van der Waals surface area contributed by atoms with Crippen molar-refractivity contribution in [3.63, 3.8) is 0 Å². The Morgan fingerprint density at radius 3 is 1.52 bits per heavy atom. The average molecular weight is 641 g/mol. The summed E-state index contributed by atoms with van der Waals surface area (Å²) in [7, 11) is 0. The van der Waals surface area contributed by atoms with Crippen LogP contribution in [0.3, 0.4) is 0 Å². The molecule has 0 N–H and O–H groups in total. The van der Waals surface area contributed by atoms with E-state index in [1.807, 2.05) is 72.8 Å². The minimum atomic E-state index is 0.547. The smallest absolute Gasteiger partial charge is 0.167 e. The molecule has 10 aromatic rings. The van der Waals surface area contributed by atoms with Crippen molar-refractivity contribution in [1.29, 1.82) is 0 Å². The number of furan rings is 1. The highest BCUT2D eigenvalue weighted by molar-refractivity contribution is 6.16. The van der Waals surface area contributed by atoms with Crippen LogP contribution in [-0.2, 0) is 0 Å². The van der Waals surface area contributed by atoms with E-state index >= 15 is 0 Å². The first kappa shape index (κ1) is 28.2. The molecular formula is C45H28N4O. The molecule has 234 valence electrons. The van der Waals surface area contributed by atoms with Gasteiger partial charge < -0.3 is 8.98 Å². The minimum Gasteiger partial charge on any atom is -0.455 e. The minimum absolute atomic E-state index is 0.547. The van der Waals surface area contributed by atoms with Crippen molar-refractivity contribution in [1.82, 2.24) is 19.5 Å². The van der Waals surface area contributed by atoms with Gasteiger partial charge in [0.05, 0.1) is 16.6 Å². The normalized spacial score (nSPS) is 11.6. The highest BCUT2D eigenvalue weighted by Crippen LogP contribution is 2.43. The maximum Gasteiger partial charge on any atom is 0.167 e. The fourth-order valence-electron chi connectivity index (χ4n) is 7.20. The number of para-hydroxylation sites is 2. The molecule has 0 aliphatic heterocycles. The van der Waals surface area contributed by atoms with Gasteiger partial charge in [-0.2, -0.15) is 0 Å². The summed E-state index contributed by atoms with van der Waals surface area (Å²) in [4.78, 5) is 15.3. The van der Waals surface area contributed by atoms with Gasteiger partial charge in [-0.05, 0) is 41.5 Å². The van der Waals surface area contributed by atoms with Gasteiger partial charge in [0.1, 0.15) is 11.2 Å². The van der Waals surface area contributed by atoms with E-state index in [1.165, 1.54) is 10.8 Å². The fourth-order valence-corrected chi connectivity index (χ4v) is 7.20. The maximum absolute atomic E-state index is 6.83. The number of aromatic nitrogens is 4. The summed E-state index contributed by atoms with van der Waals surface area (Å²) in [6, 6.07) is 58.5. The lowest BCUT2D eigenvalue weighted by molar-refractivity contribution is 0.669. The van der Waals surface area contributed by atoms with Crippen LogP contribution in [0.1, 0.15) is 0 Å². The molecule has 0 unspecified atom stereocenters. The van der Waals surface area contributed by atoms with Gasteiger partial charge in [0, 0.05) is 38.4 Å². The van der Waals surface area contributed by atoms with Gasteiger partial charge in [-0.3, -0.25) is 0 Å². The van der Waals surface area contributed by atoms with Crippen molar-refractivity contribution in [2.24, 2.45) is 0 Å². The Kier molecular flexibility index (Phi) is 6.42. The Hall–Kier alpha value is -6.85. The molecule has 0 aliphatic carbocycles. The van der Waals surface area contributed by atoms with Crippen LogP contribution in [0.25, 0.3) is 94.7 Å². The summed E-state index contributed by atoms with van der Waals surface area (Å²) in [5.41, 5.74) is 9.66. The molecule has 3 aromatic heterocycles. The lowest BCUT2D eigenvalue weighted by Gasteiger charge is -2.13. The predicted octanol–water partition coefficient (Wildman–Crippen LogP) is 11.5. The highest BCUT2D eigenvalue weighted by atomic mass is 16.3. The third-order valence-corrected chi connectivity index (χ3v) is 9.44. The summed E-state index contributed by atoms with van der Waals surface area (Å²) in [5.74, 6) is 1.75. The van der Waals surface area contributed by atoms with Crippen molar-refractivity contribution >= 4 is 43.7 Å². The first-order valence-corrected chi connectivity index (χ1v) is 16.7. The van der Waals surface area contributed by atoms with Crippen molar-refractivity contribution in [2.75, 3.05) is 0 Å². The highest BCUT2D eigenvalue weighted by Gasteiger charge is 2.22. The Morgan fingerprint density at radius 1 is 0.400 bits per heavy atom. The third kappa shape index (κ3) is 4.52. The second-order valence-electron chi connectivity index (χ2n) is 12.4. The summed E-state index contributed by atoms with van der Waals surface area (Å²) in [6.45, 7) is 0. The molecule has 0 amide bonds. The first-order chi connectivity index (χ1) is 24.8. The summed E-state index contributed by atoms with van der Waals surface area (Å²) < 4.78 is 9.17. The molecule has 0 bridgehead atoms. The van der Waals surface area contributed by atoms with Gasteiger partial charge in [-0.1, -0.05) is 140 Å². The zero-order valence-corrected chi connectivity index (χ0v) is 26.9. The third-order valence-electron chi connectivity index (χ3n) is 9.44. The lowest BCUT2D eigenvalue weighted by Crippen LogP contribution is -2.01. The molecule has 7 aromatic carbocycles. The summed E-state index contributed by atoms with van der Waals surface area (Å²) in [6.07, 6.45) is 0. The molecule has 10 rings (SSSR count).